The summed E-state index contributed by atoms with van der Waals surface area (Å²) < 4.78 is 6.38. The fourth-order valence-electron chi connectivity index (χ4n) is 5.75. The molecule has 3 aliphatic carbocycles. The predicted molar refractivity (Wildman–Crippen MR) is 89.6 cm³/mol. The number of esters is 1. The monoisotopic (exact) mass is 304 g/mol. The number of ether oxygens (including phenoxy) is 1. The van der Waals surface area contributed by atoms with E-state index >= 15 is 0 Å². The van der Waals surface area contributed by atoms with Gasteiger partial charge in [-0.05, 0) is 57.8 Å². The summed E-state index contributed by atoms with van der Waals surface area (Å²) in [6.45, 7) is 5.63. The Kier molecular flexibility index (Phi) is 4.66. The molecule has 0 aromatic heterocycles. The van der Waals surface area contributed by atoms with Gasteiger partial charge < -0.3 is 4.74 Å². The normalized spacial score (nSPS) is 32.0. The molecule has 1 unspecified atom stereocenters. The highest BCUT2D eigenvalue weighted by Gasteiger charge is 2.59. The van der Waals surface area contributed by atoms with Crippen molar-refractivity contribution in [3.8, 4) is 0 Å². The topological polar surface area (TPSA) is 26.3 Å². The van der Waals surface area contributed by atoms with Gasteiger partial charge in [0.1, 0.15) is 5.60 Å². The van der Waals surface area contributed by atoms with Crippen LogP contribution in [-0.4, -0.2) is 11.6 Å². The molecule has 0 heterocycles. The van der Waals surface area contributed by atoms with E-state index in [4.69, 9.17) is 4.74 Å². The largest absolute Gasteiger partial charge is 0.455 e. The summed E-state index contributed by atoms with van der Waals surface area (Å²) in [6.07, 6.45) is 16.6. The Bertz CT molecular complexity index is 419. The maximum atomic E-state index is 12.5. The highest BCUT2D eigenvalue weighted by Crippen LogP contribution is 2.60. The molecule has 0 bridgehead atoms. The number of carbonyl (C=O) groups is 1. The van der Waals surface area contributed by atoms with E-state index < -0.39 is 0 Å². The molecule has 2 nitrogen and oxygen atoms in total. The number of hydrogen-bond donors (Lipinski definition) is 0. The van der Waals surface area contributed by atoms with Crippen molar-refractivity contribution in [2.45, 2.75) is 96.0 Å². The molecule has 0 N–H and O–H groups in total. The molecule has 0 aliphatic heterocycles. The van der Waals surface area contributed by atoms with E-state index in [-0.39, 0.29) is 17.0 Å². The van der Waals surface area contributed by atoms with Crippen molar-refractivity contribution >= 4 is 5.97 Å². The smallest absolute Gasteiger partial charge is 0.333 e. The summed E-state index contributed by atoms with van der Waals surface area (Å²) in [4.78, 5) is 12.5. The molecule has 3 rings (SSSR count). The Morgan fingerprint density at radius 3 is 2.05 bits per heavy atom. The van der Waals surface area contributed by atoms with Gasteiger partial charge in [0.05, 0.1) is 0 Å². The van der Waals surface area contributed by atoms with E-state index in [0.717, 1.165) is 6.42 Å². The lowest BCUT2D eigenvalue weighted by Gasteiger charge is -2.57. The van der Waals surface area contributed by atoms with Crippen LogP contribution >= 0.6 is 0 Å². The first-order valence-corrected chi connectivity index (χ1v) is 9.49. The zero-order chi connectivity index (χ0) is 15.6. The zero-order valence-corrected chi connectivity index (χ0v) is 14.3. The second-order valence-electron chi connectivity index (χ2n) is 8.09. The number of carbonyl (C=O) groups excluding carboxylic acids is 1. The Morgan fingerprint density at radius 1 is 0.909 bits per heavy atom. The lowest BCUT2D eigenvalue weighted by Crippen LogP contribution is -2.58. The van der Waals surface area contributed by atoms with Crippen LogP contribution in [0.5, 0.6) is 0 Å². The lowest BCUT2D eigenvalue weighted by atomic mass is 9.53. The Morgan fingerprint density at radius 2 is 1.45 bits per heavy atom. The summed E-state index contributed by atoms with van der Waals surface area (Å²) in [6, 6.07) is 0. The highest BCUT2D eigenvalue weighted by atomic mass is 16.6. The molecule has 0 amide bonds. The molecule has 0 radical (unpaired) electrons. The van der Waals surface area contributed by atoms with E-state index in [1.807, 2.05) is 0 Å². The van der Waals surface area contributed by atoms with Gasteiger partial charge in [-0.15, -0.1) is 0 Å². The van der Waals surface area contributed by atoms with Crippen molar-refractivity contribution < 1.29 is 9.53 Å². The van der Waals surface area contributed by atoms with Crippen LogP contribution in [-0.2, 0) is 9.53 Å². The standard InChI is InChI=1S/C20H32O2/c1-16(2)18(21)22-20(17-10-4-5-11-17)15-9-8-14-19(20)12-6-3-7-13-19/h17H,1,3-15H2,2H3. The third-order valence-corrected chi connectivity index (χ3v) is 6.80. The lowest BCUT2D eigenvalue weighted by molar-refractivity contribution is -0.205. The third-order valence-electron chi connectivity index (χ3n) is 6.80. The molecule has 0 saturated heterocycles. The van der Waals surface area contributed by atoms with Gasteiger partial charge in [-0.2, -0.15) is 0 Å². The number of hydrogen-bond acceptors (Lipinski definition) is 2. The fourth-order valence-corrected chi connectivity index (χ4v) is 5.75. The second kappa shape index (κ2) is 6.37. The van der Waals surface area contributed by atoms with Crippen molar-refractivity contribution in [2.24, 2.45) is 11.3 Å². The molecule has 3 saturated carbocycles. The molecule has 1 spiro atoms. The SMILES string of the molecule is C=C(C)C(=O)OC1(C2CCCC2)CCCCC12CCCCC2. The maximum absolute atomic E-state index is 12.5. The minimum atomic E-state index is -0.182. The van der Waals surface area contributed by atoms with Gasteiger partial charge in [-0.25, -0.2) is 4.79 Å². The Balaban J connectivity index is 1.97. The van der Waals surface area contributed by atoms with Gasteiger partial charge >= 0.3 is 5.97 Å². The van der Waals surface area contributed by atoms with Crippen LogP contribution in [0.3, 0.4) is 0 Å². The first-order valence-electron chi connectivity index (χ1n) is 9.49. The van der Waals surface area contributed by atoms with E-state index in [9.17, 15) is 4.79 Å². The minimum Gasteiger partial charge on any atom is -0.455 e. The fraction of sp³-hybridized carbons (Fsp3) is 0.850. The molecule has 124 valence electrons. The highest BCUT2D eigenvalue weighted by molar-refractivity contribution is 5.87. The van der Waals surface area contributed by atoms with Crippen LogP contribution in [0.2, 0.25) is 0 Å². The molecule has 2 heteroatoms. The Hall–Kier alpha value is -0.790. The zero-order valence-electron chi connectivity index (χ0n) is 14.3. The predicted octanol–water partition coefficient (Wildman–Crippen LogP) is 5.56. The van der Waals surface area contributed by atoms with Crippen LogP contribution in [0.25, 0.3) is 0 Å². The average Bonchev–Trinajstić information content (AvgIpc) is 3.05. The summed E-state index contributed by atoms with van der Waals surface area (Å²) in [7, 11) is 0. The van der Waals surface area contributed by atoms with Gasteiger partial charge in [0.25, 0.3) is 0 Å². The van der Waals surface area contributed by atoms with Gasteiger partial charge in [-0.3, -0.25) is 0 Å². The Labute approximate surface area is 135 Å². The summed E-state index contributed by atoms with van der Waals surface area (Å²) >= 11 is 0. The van der Waals surface area contributed by atoms with E-state index in [1.54, 1.807) is 6.92 Å². The van der Waals surface area contributed by atoms with Gasteiger partial charge in [0.15, 0.2) is 0 Å². The molecule has 3 aliphatic rings. The molecule has 22 heavy (non-hydrogen) atoms. The molecule has 0 aromatic carbocycles. The van der Waals surface area contributed by atoms with Crippen molar-refractivity contribution in [3.63, 3.8) is 0 Å². The van der Waals surface area contributed by atoms with Crippen molar-refractivity contribution in [1.29, 1.82) is 0 Å². The quantitative estimate of drug-likeness (QED) is 0.504. The van der Waals surface area contributed by atoms with Crippen LogP contribution in [0.15, 0.2) is 12.2 Å². The second-order valence-corrected chi connectivity index (χ2v) is 8.09. The van der Waals surface area contributed by atoms with Crippen LogP contribution in [0.1, 0.15) is 90.4 Å². The van der Waals surface area contributed by atoms with Crippen LogP contribution < -0.4 is 0 Å². The van der Waals surface area contributed by atoms with Crippen molar-refractivity contribution in [1.82, 2.24) is 0 Å². The minimum absolute atomic E-state index is 0.140. The van der Waals surface area contributed by atoms with E-state index in [0.29, 0.717) is 11.5 Å². The summed E-state index contributed by atoms with van der Waals surface area (Å²) in [5.41, 5.74) is 0.649. The van der Waals surface area contributed by atoms with E-state index in [1.165, 1.54) is 77.0 Å². The van der Waals surface area contributed by atoms with Gasteiger partial charge in [0.2, 0.25) is 0 Å². The first kappa shape index (κ1) is 16.1. The van der Waals surface area contributed by atoms with Crippen molar-refractivity contribution in [2.75, 3.05) is 0 Å². The molecular weight excluding hydrogens is 272 g/mol. The van der Waals surface area contributed by atoms with Crippen molar-refractivity contribution in [3.05, 3.63) is 12.2 Å². The molecular formula is C20H32O2. The molecule has 0 aromatic rings. The molecule has 1 atom stereocenters. The number of rotatable bonds is 3. The van der Waals surface area contributed by atoms with Gasteiger partial charge in [-0.1, -0.05) is 45.1 Å². The maximum Gasteiger partial charge on any atom is 0.333 e. The van der Waals surface area contributed by atoms with Gasteiger partial charge in [0, 0.05) is 11.0 Å². The first-order chi connectivity index (χ1) is 10.6. The third kappa shape index (κ3) is 2.63. The summed E-state index contributed by atoms with van der Waals surface area (Å²) in [5.74, 6) is 0.452. The molecule has 3 fully saturated rings. The average molecular weight is 304 g/mol. The van der Waals surface area contributed by atoms with Crippen LogP contribution in [0.4, 0.5) is 0 Å². The van der Waals surface area contributed by atoms with E-state index in [2.05, 4.69) is 6.58 Å². The van der Waals surface area contributed by atoms with Crippen LogP contribution in [0, 0.1) is 11.3 Å². The summed E-state index contributed by atoms with van der Waals surface area (Å²) in [5, 5.41) is 0.